The zero-order valence-corrected chi connectivity index (χ0v) is 11.9. The number of carbonyl (C=O) groups is 1. The number of rotatable bonds is 3. The Morgan fingerprint density at radius 1 is 1.16 bits per heavy atom. The minimum atomic E-state index is -0.625. The predicted octanol–water partition coefficient (Wildman–Crippen LogP) is 4.81. The van der Waals surface area contributed by atoms with Gasteiger partial charge in [0.1, 0.15) is 11.6 Å². The average molecular weight is 346 g/mol. The van der Waals surface area contributed by atoms with Gasteiger partial charge in [0.2, 0.25) is 0 Å². The van der Waals surface area contributed by atoms with Gasteiger partial charge in [-0.25, -0.2) is 8.78 Å². The van der Waals surface area contributed by atoms with Crippen LogP contribution in [0.4, 0.5) is 8.78 Å². The SMILES string of the molecule is O=C(Cc1cccc(F)c1Cl)c1cccc(Br)c1F. The van der Waals surface area contributed by atoms with E-state index >= 15 is 0 Å². The molecule has 2 aromatic rings. The molecule has 0 aliphatic rings. The summed E-state index contributed by atoms with van der Waals surface area (Å²) in [5, 5.41) is -0.105. The van der Waals surface area contributed by atoms with Crippen LogP contribution in [0.15, 0.2) is 40.9 Å². The van der Waals surface area contributed by atoms with E-state index in [4.69, 9.17) is 11.6 Å². The summed E-state index contributed by atoms with van der Waals surface area (Å²) in [4.78, 5) is 12.0. The minimum absolute atomic E-state index is 0.0466. The molecule has 0 aromatic heterocycles. The second kappa shape index (κ2) is 5.80. The summed E-state index contributed by atoms with van der Waals surface area (Å²) in [7, 11) is 0. The molecule has 1 nitrogen and oxygen atoms in total. The molecule has 0 unspecified atom stereocenters. The van der Waals surface area contributed by atoms with Gasteiger partial charge in [-0.15, -0.1) is 0 Å². The van der Waals surface area contributed by atoms with Crippen LogP contribution >= 0.6 is 27.5 Å². The number of halogens is 4. The molecule has 0 bridgehead atoms. The van der Waals surface area contributed by atoms with Crippen LogP contribution in [0.1, 0.15) is 15.9 Å². The van der Waals surface area contributed by atoms with Crippen molar-refractivity contribution >= 4 is 33.3 Å². The molecule has 2 aromatic carbocycles. The minimum Gasteiger partial charge on any atom is -0.294 e. The van der Waals surface area contributed by atoms with Crippen LogP contribution in [0.25, 0.3) is 0 Å². The third-order valence-electron chi connectivity index (χ3n) is 2.63. The Labute approximate surface area is 122 Å². The van der Waals surface area contributed by atoms with Gasteiger partial charge < -0.3 is 0 Å². The largest absolute Gasteiger partial charge is 0.294 e. The second-order valence-electron chi connectivity index (χ2n) is 3.91. The van der Waals surface area contributed by atoms with Crippen LogP contribution in [0.2, 0.25) is 5.02 Å². The smallest absolute Gasteiger partial charge is 0.170 e. The molecule has 0 amide bonds. The number of carbonyl (C=O) groups excluding carboxylic acids is 1. The first-order chi connectivity index (χ1) is 9.00. The number of hydrogen-bond acceptors (Lipinski definition) is 1. The van der Waals surface area contributed by atoms with Gasteiger partial charge in [-0.2, -0.15) is 0 Å². The molecule has 0 radical (unpaired) electrons. The Bertz CT molecular complexity index is 643. The van der Waals surface area contributed by atoms with Crippen LogP contribution in [-0.2, 0) is 6.42 Å². The average Bonchev–Trinajstić information content (AvgIpc) is 2.38. The quantitative estimate of drug-likeness (QED) is 0.730. The van der Waals surface area contributed by atoms with E-state index in [2.05, 4.69) is 15.9 Å². The summed E-state index contributed by atoms with van der Waals surface area (Å²) in [6.45, 7) is 0. The maximum atomic E-state index is 13.8. The molecular weight excluding hydrogens is 338 g/mol. The highest BCUT2D eigenvalue weighted by atomic mass is 79.9. The van der Waals surface area contributed by atoms with Gasteiger partial charge in [-0.05, 0) is 39.7 Å². The maximum absolute atomic E-state index is 13.8. The highest BCUT2D eigenvalue weighted by Gasteiger charge is 2.16. The van der Waals surface area contributed by atoms with E-state index in [9.17, 15) is 13.6 Å². The Kier molecular flexibility index (Phi) is 4.32. The van der Waals surface area contributed by atoms with Crippen LogP contribution in [0.5, 0.6) is 0 Å². The number of ketones is 1. The van der Waals surface area contributed by atoms with E-state index in [1.807, 2.05) is 0 Å². The second-order valence-corrected chi connectivity index (χ2v) is 5.15. The first-order valence-electron chi connectivity index (χ1n) is 5.41. The van der Waals surface area contributed by atoms with Crippen molar-refractivity contribution < 1.29 is 13.6 Å². The highest BCUT2D eigenvalue weighted by molar-refractivity contribution is 9.10. The van der Waals surface area contributed by atoms with Gasteiger partial charge in [0.15, 0.2) is 5.78 Å². The fourth-order valence-corrected chi connectivity index (χ4v) is 2.23. The normalized spacial score (nSPS) is 10.5. The summed E-state index contributed by atoms with van der Waals surface area (Å²) < 4.78 is 27.2. The molecule has 0 spiro atoms. The molecular formula is C14H8BrClF2O. The Hall–Kier alpha value is -1.26. The zero-order chi connectivity index (χ0) is 14.0. The van der Waals surface area contributed by atoms with Gasteiger partial charge in [0, 0.05) is 6.42 Å². The van der Waals surface area contributed by atoms with E-state index in [0.29, 0.717) is 5.56 Å². The molecule has 0 aliphatic heterocycles. The molecule has 0 N–H and O–H groups in total. The van der Waals surface area contributed by atoms with Crippen molar-refractivity contribution in [2.45, 2.75) is 6.42 Å². The van der Waals surface area contributed by atoms with Crippen molar-refractivity contribution in [2.75, 3.05) is 0 Å². The van der Waals surface area contributed by atoms with Gasteiger partial charge in [-0.3, -0.25) is 4.79 Å². The van der Waals surface area contributed by atoms with Crippen molar-refractivity contribution in [3.05, 3.63) is 68.7 Å². The molecule has 5 heteroatoms. The standard InChI is InChI=1S/C14H8BrClF2O/c15-10-5-2-4-9(14(10)18)12(19)7-8-3-1-6-11(17)13(8)16/h1-6H,7H2. The predicted molar refractivity (Wildman–Crippen MR) is 73.5 cm³/mol. The number of benzene rings is 2. The van der Waals surface area contributed by atoms with Crippen LogP contribution in [-0.4, -0.2) is 5.78 Å². The van der Waals surface area contributed by atoms with E-state index in [1.54, 1.807) is 12.1 Å². The summed E-state index contributed by atoms with van der Waals surface area (Å²) >= 11 is 8.78. The number of hydrogen-bond donors (Lipinski definition) is 0. The van der Waals surface area contributed by atoms with Crippen LogP contribution in [0.3, 0.4) is 0 Å². The lowest BCUT2D eigenvalue weighted by Gasteiger charge is -2.06. The molecule has 0 atom stereocenters. The Morgan fingerprint density at radius 2 is 1.84 bits per heavy atom. The van der Waals surface area contributed by atoms with Crippen molar-refractivity contribution in [3.8, 4) is 0 Å². The lowest BCUT2D eigenvalue weighted by atomic mass is 10.0. The molecule has 0 saturated heterocycles. The molecule has 2 rings (SSSR count). The highest BCUT2D eigenvalue weighted by Crippen LogP contribution is 2.23. The molecule has 0 saturated carbocycles. The van der Waals surface area contributed by atoms with Gasteiger partial charge in [0.25, 0.3) is 0 Å². The topological polar surface area (TPSA) is 17.1 Å². The summed E-state index contributed by atoms with van der Waals surface area (Å²) in [6.07, 6.45) is -0.149. The fourth-order valence-electron chi connectivity index (χ4n) is 1.67. The molecule has 98 valence electrons. The molecule has 0 heterocycles. The molecule has 0 fully saturated rings. The van der Waals surface area contributed by atoms with Crippen molar-refractivity contribution in [1.29, 1.82) is 0 Å². The number of Topliss-reactive ketones (excluding diaryl/α,β-unsaturated/α-hetero) is 1. The summed E-state index contributed by atoms with van der Waals surface area (Å²) in [5.74, 6) is -1.67. The van der Waals surface area contributed by atoms with Crippen molar-refractivity contribution in [2.24, 2.45) is 0 Å². The summed E-state index contributed by atoms with van der Waals surface area (Å²) in [6, 6.07) is 8.65. The van der Waals surface area contributed by atoms with E-state index < -0.39 is 17.4 Å². The van der Waals surface area contributed by atoms with E-state index in [0.717, 1.165) is 0 Å². The maximum Gasteiger partial charge on any atom is 0.170 e. The molecule has 19 heavy (non-hydrogen) atoms. The third kappa shape index (κ3) is 3.01. The lowest BCUT2D eigenvalue weighted by molar-refractivity contribution is 0.0989. The van der Waals surface area contributed by atoms with Gasteiger partial charge in [-0.1, -0.05) is 29.8 Å². The molecule has 0 aliphatic carbocycles. The van der Waals surface area contributed by atoms with Crippen molar-refractivity contribution in [3.63, 3.8) is 0 Å². The first-order valence-corrected chi connectivity index (χ1v) is 6.58. The fraction of sp³-hybridized carbons (Fsp3) is 0.0714. The van der Waals surface area contributed by atoms with E-state index in [-0.39, 0.29) is 21.5 Å². The van der Waals surface area contributed by atoms with Crippen LogP contribution < -0.4 is 0 Å². The monoisotopic (exact) mass is 344 g/mol. The van der Waals surface area contributed by atoms with Gasteiger partial charge >= 0.3 is 0 Å². The Morgan fingerprint density at radius 3 is 2.58 bits per heavy atom. The van der Waals surface area contributed by atoms with Crippen LogP contribution in [0, 0.1) is 11.6 Å². The lowest BCUT2D eigenvalue weighted by Crippen LogP contribution is -2.07. The first kappa shape index (κ1) is 14.2. The summed E-state index contributed by atoms with van der Waals surface area (Å²) in [5.41, 5.74) is 0.292. The van der Waals surface area contributed by atoms with Crippen molar-refractivity contribution in [1.82, 2.24) is 0 Å². The zero-order valence-electron chi connectivity index (χ0n) is 9.59. The third-order valence-corrected chi connectivity index (χ3v) is 3.67. The van der Waals surface area contributed by atoms with Gasteiger partial charge in [0.05, 0.1) is 15.1 Å². The Balaban J connectivity index is 2.31. The van der Waals surface area contributed by atoms with E-state index in [1.165, 1.54) is 24.3 Å².